The van der Waals surface area contributed by atoms with E-state index >= 15 is 0 Å². The van der Waals surface area contributed by atoms with Crippen molar-refractivity contribution in [3.63, 3.8) is 0 Å². The molecule has 2 aromatic rings. The molecule has 0 spiro atoms. The van der Waals surface area contributed by atoms with Crippen LogP contribution >= 0.6 is 0 Å². The number of benzene rings is 2. The molecule has 0 N–H and O–H groups in total. The summed E-state index contributed by atoms with van der Waals surface area (Å²) in [6.45, 7) is 7.20. The zero-order chi connectivity index (χ0) is 25.3. The summed E-state index contributed by atoms with van der Waals surface area (Å²) >= 11 is 0. The first-order valence-corrected chi connectivity index (χ1v) is 14.0. The van der Waals surface area contributed by atoms with E-state index in [9.17, 15) is 0 Å². The van der Waals surface area contributed by atoms with Crippen molar-refractivity contribution in [2.24, 2.45) is 9.98 Å². The van der Waals surface area contributed by atoms with E-state index in [1.807, 2.05) is 0 Å². The quantitative estimate of drug-likeness (QED) is 0.555. The maximum absolute atomic E-state index is 4.55. The number of amidine groups is 2. The van der Waals surface area contributed by atoms with E-state index in [0.29, 0.717) is 0 Å². The van der Waals surface area contributed by atoms with Crippen molar-refractivity contribution in [3.05, 3.63) is 36.4 Å². The first-order valence-electron chi connectivity index (χ1n) is 14.0. The number of hydrogen-bond acceptors (Lipinski definition) is 6. The lowest BCUT2D eigenvalue weighted by Gasteiger charge is -2.27. The van der Waals surface area contributed by atoms with Crippen LogP contribution in [0.3, 0.4) is 0 Å². The topological polar surface area (TPSA) is 37.7 Å². The second-order valence-corrected chi connectivity index (χ2v) is 10.6. The molecule has 0 bridgehead atoms. The summed E-state index contributed by atoms with van der Waals surface area (Å²) in [4.78, 5) is 18.2. The molecule has 2 aromatic carbocycles. The van der Waals surface area contributed by atoms with Gasteiger partial charge in [-0.15, -0.1) is 0 Å². The van der Waals surface area contributed by atoms with Gasteiger partial charge in [0.25, 0.3) is 0 Å². The van der Waals surface area contributed by atoms with Gasteiger partial charge in [-0.1, -0.05) is 30.7 Å². The van der Waals surface area contributed by atoms with Gasteiger partial charge in [0.2, 0.25) is 0 Å². The fourth-order valence-corrected chi connectivity index (χ4v) is 5.59. The summed E-state index contributed by atoms with van der Waals surface area (Å²) in [6.07, 6.45) is 10.5. The van der Waals surface area contributed by atoms with Gasteiger partial charge in [-0.3, -0.25) is 9.98 Å². The normalized spacial score (nSPS) is 18.9. The minimum Gasteiger partial charge on any atom is -0.377 e. The maximum atomic E-state index is 4.55. The van der Waals surface area contributed by atoms with Crippen LogP contribution < -0.4 is 9.80 Å². The molecule has 0 aliphatic carbocycles. The Hall–Kier alpha value is -2.76. The maximum Gasteiger partial charge on any atom is 0.0989 e. The van der Waals surface area contributed by atoms with Crippen LogP contribution in [0.1, 0.15) is 51.4 Å². The van der Waals surface area contributed by atoms with Crippen molar-refractivity contribution in [2.45, 2.75) is 51.4 Å². The molecule has 6 heteroatoms. The van der Waals surface area contributed by atoms with Gasteiger partial charge >= 0.3 is 0 Å². The lowest BCUT2D eigenvalue weighted by molar-refractivity contribution is 0.391. The van der Waals surface area contributed by atoms with E-state index in [2.05, 4.69) is 94.2 Å². The summed E-state index contributed by atoms with van der Waals surface area (Å²) in [7, 11) is 8.34. The van der Waals surface area contributed by atoms with Crippen LogP contribution in [0.15, 0.2) is 46.4 Å². The Morgan fingerprint density at radius 1 is 0.583 bits per heavy atom. The predicted octanol–water partition coefficient (Wildman–Crippen LogP) is 5.52. The van der Waals surface area contributed by atoms with Crippen molar-refractivity contribution in [1.29, 1.82) is 0 Å². The number of rotatable bonds is 2. The number of anilines is 2. The van der Waals surface area contributed by atoms with Crippen LogP contribution in [0.4, 0.5) is 11.4 Å². The molecule has 6 rings (SSSR count). The molecule has 0 atom stereocenters. The number of nitrogens with zero attached hydrogens (tertiary/aromatic N) is 6. The van der Waals surface area contributed by atoms with Gasteiger partial charge in [-0.2, -0.15) is 0 Å². The fourth-order valence-electron chi connectivity index (χ4n) is 5.59. The fraction of sp³-hybridized carbons (Fsp3) is 0.600. The molecular formula is C30H46N6. The minimum absolute atomic E-state index is 1.08. The lowest BCUT2D eigenvalue weighted by atomic mass is 10.1. The van der Waals surface area contributed by atoms with E-state index in [1.165, 1.54) is 111 Å². The minimum atomic E-state index is 1.08. The van der Waals surface area contributed by atoms with Crippen LogP contribution in [0, 0.1) is 0 Å². The highest BCUT2D eigenvalue weighted by Crippen LogP contribution is 2.33. The van der Waals surface area contributed by atoms with Crippen LogP contribution in [-0.4, -0.2) is 88.9 Å². The van der Waals surface area contributed by atoms with Crippen LogP contribution in [0.25, 0.3) is 10.8 Å². The third kappa shape index (κ3) is 6.71. The molecule has 0 aromatic heterocycles. The van der Waals surface area contributed by atoms with E-state index in [4.69, 9.17) is 0 Å². The van der Waals surface area contributed by atoms with E-state index in [1.54, 1.807) is 0 Å². The zero-order valence-electron chi connectivity index (χ0n) is 23.0. The molecule has 196 valence electrons. The monoisotopic (exact) mass is 490 g/mol. The van der Waals surface area contributed by atoms with Gasteiger partial charge in [0, 0.05) is 97.1 Å². The van der Waals surface area contributed by atoms with E-state index < -0.39 is 0 Å². The van der Waals surface area contributed by atoms with Crippen molar-refractivity contribution >= 4 is 33.8 Å². The van der Waals surface area contributed by atoms with Gasteiger partial charge in [-0.05, 0) is 49.6 Å². The molecule has 0 saturated carbocycles. The Kier molecular flexibility index (Phi) is 9.48. The molecule has 2 saturated heterocycles. The summed E-state index contributed by atoms with van der Waals surface area (Å²) in [5.41, 5.74) is 2.53. The molecule has 4 aliphatic rings. The third-order valence-corrected chi connectivity index (χ3v) is 7.47. The van der Waals surface area contributed by atoms with Gasteiger partial charge < -0.3 is 19.6 Å². The molecule has 36 heavy (non-hydrogen) atoms. The Labute approximate surface area is 218 Å². The van der Waals surface area contributed by atoms with Gasteiger partial charge in [0.1, 0.15) is 0 Å². The van der Waals surface area contributed by atoms with Crippen molar-refractivity contribution in [3.8, 4) is 0 Å². The molecule has 0 radical (unpaired) electrons. The molecule has 6 nitrogen and oxygen atoms in total. The highest BCUT2D eigenvalue weighted by atomic mass is 15.2. The SMILES string of the molecule is C1CCC2=NCCCN2CC1.C1CN=C2CCCN2C1.CN(C)c1cccc2cccc(N(C)C)c12. The highest BCUT2D eigenvalue weighted by Gasteiger charge is 2.19. The lowest BCUT2D eigenvalue weighted by Crippen LogP contribution is -2.34. The first-order chi connectivity index (χ1) is 17.5. The average Bonchev–Trinajstić information content (AvgIpc) is 3.25. The summed E-state index contributed by atoms with van der Waals surface area (Å²) in [6, 6.07) is 12.9. The second-order valence-electron chi connectivity index (χ2n) is 10.6. The zero-order valence-corrected chi connectivity index (χ0v) is 23.0. The first kappa shape index (κ1) is 26.3. The number of aliphatic imine (C=N–C) groups is 2. The molecule has 4 aliphatic heterocycles. The van der Waals surface area contributed by atoms with Crippen molar-refractivity contribution in [2.75, 3.05) is 77.3 Å². The Morgan fingerprint density at radius 3 is 1.64 bits per heavy atom. The van der Waals surface area contributed by atoms with Crippen LogP contribution in [0.5, 0.6) is 0 Å². The predicted molar refractivity (Wildman–Crippen MR) is 157 cm³/mol. The van der Waals surface area contributed by atoms with E-state index in [-0.39, 0.29) is 0 Å². The molecule has 0 amide bonds. The Balaban J connectivity index is 0.000000133. The molecule has 4 heterocycles. The van der Waals surface area contributed by atoms with Crippen molar-refractivity contribution < 1.29 is 0 Å². The molecule has 0 unspecified atom stereocenters. The summed E-state index contributed by atoms with van der Waals surface area (Å²) < 4.78 is 0. The Bertz CT molecular complexity index is 998. The third-order valence-electron chi connectivity index (χ3n) is 7.47. The molecular weight excluding hydrogens is 444 g/mol. The highest BCUT2D eigenvalue weighted by molar-refractivity contribution is 6.03. The van der Waals surface area contributed by atoms with Gasteiger partial charge in [0.15, 0.2) is 0 Å². The smallest absolute Gasteiger partial charge is 0.0989 e. The number of hydrogen-bond donors (Lipinski definition) is 0. The average molecular weight is 491 g/mol. The summed E-state index contributed by atoms with van der Waals surface area (Å²) in [5.74, 6) is 2.77. The van der Waals surface area contributed by atoms with Crippen molar-refractivity contribution in [1.82, 2.24) is 9.80 Å². The largest absolute Gasteiger partial charge is 0.377 e. The van der Waals surface area contributed by atoms with Gasteiger partial charge in [0.05, 0.1) is 11.7 Å². The second kappa shape index (κ2) is 13.0. The molecule has 2 fully saturated rings. The van der Waals surface area contributed by atoms with Crippen LogP contribution in [0.2, 0.25) is 0 Å². The van der Waals surface area contributed by atoms with Gasteiger partial charge in [-0.25, -0.2) is 0 Å². The van der Waals surface area contributed by atoms with E-state index in [0.717, 1.165) is 13.1 Å². The Morgan fingerprint density at radius 2 is 1.08 bits per heavy atom. The number of fused-ring (bicyclic) bond motifs is 3. The summed E-state index contributed by atoms with van der Waals surface area (Å²) in [5, 5.41) is 2.61. The van der Waals surface area contributed by atoms with Crippen LogP contribution in [-0.2, 0) is 0 Å². The standard InChI is InChI=1S/C14H18N2.C9H16N2.C7H12N2/c1-15(2)12-9-5-7-11-8-6-10-13(14(11)12)16(3)4;1-2-5-9-10-6-4-8-11(9)7-3-1;1-3-7-8-4-2-6-9(7)5-1/h5-10H,1-4H3;1-8H2;1-6H2.